The van der Waals surface area contributed by atoms with Crippen molar-refractivity contribution in [3.05, 3.63) is 35.6 Å². The number of ketones is 1. The first-order chi connectivity index (χ1) is 8.61. The molecule has 1 aromatic carbocycles. The van der Waals surface area contributed by atoms with Crippen molar-refractivity contribution in [3.63, 3.8) is 0 Å². The van der Waals surface area contributed by atoms with E-state index in [0.717, 1.165) is 11.4 Å². The Kier molecular flexibility index (Phi) is 3.46. The second-order valence-corrected chi connectivity index (χ2v) is 4.14. The zero-order valence-corrected chi connectivity index (χ0v) is 10.4. The van der Waals surface area contributed by atoms with Crippen LogP contribution in [0.25, 0.3) is 0 Å². The zero-order valence-electron chi connectivity index (χ0n) is 10.4. The Morgan fingerprint density at radius 3 is 2.44 bits per heavy atom. The second kappa shape index (κ2) is 5.04. The van der Waals surface area contributed by atoms with Crippen LogP contribution in [0.1, 0.15) is 19.8 Å². The van der Waals surface area contributed by atoms with Gasteiger partial charge in [-0.1, -0.05) is 0 Å². The number of methoxy groups -OCH3 is 1. The van der Waals surface area contributed by atoms with Gasteiger partial charge in [-0.05, 0) is 31.2 Å². The average molecular weight is 245 g/mol. The fourth-order valence-electron chi connectivity index (χ4n) is 1.96. The minimum atomic E-state index is -0.0396. The average Bonchev–Trinajstić information content (AvgIpc) is 2.70. The van der Waals surface area contributed by atoms with E-state index in [1.165, 1.54) is 0 Å². The van der Waals surface area contributed by atoms with E-state index < -0.39 is 0 Å². The molecule has 0 unspecified atom stereocenters. The lowest BCUT2D eigenvalue weighted by Gasteiger charge is -2.03. The number of aliphatic imine (C=N–C) groups is 1. The molecule has 94 valence electrons. The number of hydrogen-bond donors (Lipinski definition) is 1. The van der Waals surface area contributed by atoms with Gasteiger partial charge in [0.05, 0.1) is 24.1 Å². The number of nitrogens with zero attached hydrogens (tertiary/aromatic N) is 1. The second-order valence-electron chi connectivity index (χ2n) is 4.14. The fraction of sp³-hybridized carbons (Fsp3) is 0.286. The van der Waals surface area contributed by atoms with Gasteiger partial charge in [0, 0.05) is 12.8 Å². The number of allylic oxidation sites excluding steroid dienone is 2. The molecule has 2 rings (SSSR count). The number of ether oxygens (including phenoxy) is 1. The minimum absolute atomic E-state index is 0.0396. The maximum absolute atomic E-state index is 11.6. The first-order valence-electron chi connectivity index (χ1n) is 5.77. The molecule has 0 radical (unpaired) electrons. The highest BCUT2D eigenvalue weighted by Gasteiger charge is 2.24. The van der Waals surface area contributed by atoms with E-state index >= 15 is 0 Å². The third-order valence-electron chi connectivity index (χ3n) is 2.89. The number of rotatable bonds is 3. The molecule has 0 fully saturated rings. The number of carbonyl (C=O) groups excluding carboxylic acids is 1. The van der Waals surface area contributed by atoms with E-state index in [0.29, 0.717) is 24.1 Å². The molecule has 0 spiro atoms. The van der Waals surface area contributed by atoms with Crippen LogP contribution >= 0.6 is 0 Å². The summed E-state index contributed by atoms with van der Waals surface area (Å²) in [6.45, 7) is 1.74. The minimum Gasteiger partial charge on any atom is -0.511 e. The van der Waals surface area contributed by atoms with Crippen LogP contribution in [0.3, 0.4) is 0 Å². The molecule has 4 nitrogen and oxygen atoms in total. The molecule has 0 saturated heterocycles. The summed E-state index contributed by atoms with van der Waals surface area (Å²) < 4.78 is 5.06. The Hall–Kier alpha value is -2.10. The molecule has 0 heterocycles. The van der Waals surface area contributed by atoms with Crippen molar-refractivity contribution < 1.29 is 14.6 Å². The Balaban J connectivity index is 2.27. The summed E-state index contributed by atoms with van der Waals surface area (Å²) in [7, 11) is 1.60. The van der Waals surface area contributed by atoms with Crippen LogP contribution in [0.4, 0.5) is 5.69 Å². The van der Waals surface area contributed by atoms with Crippen molar-refractivity contribution in [1.82, 2.24) is 0 Å². The van der Waals surface area contributed by atoms with Gasteiger partial charge in [-0.25, -0.2) is 0 Å². The molecule has 0 bridgehead atoms. The van der Waals surface area contributed by atoms with Crippen molar-refractivity contribution in [3.8, 4) is 5.75 Å². The van der Waals surface area contributed by atoms with E-state index in [4.69, 9.17) is 4.74 Å². The number of Topliss-reactive ketones (excluding diaryl/α,β-unsaturated/α-hetero) is 1. The summed E-state index contributed by atoms with van der Waals surface area (Å²) in [5.41, 5.74) is 1.65. The molecular weight excluding hydrogens is 230 g/mol. The predicted molar refractivity (Wildman–Crippen MR) is 69.7 cm³/mol. The van der Waals surface area contributed by atoms with Gasteiger partial charge in [0.1, 0.15) is 11.5 Å². The lowest BCUT2D eigenvalue weighted by molar-refractivity contribution is -0.114. The molecule has 0 aliphatic heterocycles. The summed E-state index contributed by atoms with van der Waals surface area (Å²) >= 11 is 0. The van der Waals surface area contributed by atoms with Gasteiger partial charge >= 0.3 is 0 Å². The monoisotopic (exact) mass is 245 g/mol. The summed E-state index contributed by atoms with van der Waals surface area (Å²) in [5.74, 6) is 0.864. The third kappa shape index (κ3) is 2.42. The SMILES string of the molecule is COc1ccc(N=C(C)C2=C(O)CCC2=O)cc1. The Morgan fingerprint density at radius 1 is 1.28 bits per heavy atom. The van der Waals surface area contributed by atoms with Crippen LogP contribution in [-0.4, -0.2) is 23.7 Å². The quantitative estimate of drug-likeness (QED) is 0.833. The Morgan fingerprint density at radius 2 is 1.94 bits per heavy atom. The van der Waals surface area contributed by atoms with Crippen LogP contribution in [-0.2, 0) is 4.79 Å². The molecule has 1 aliphatic rings. The molecule has 1 N–H and O–H groups in total. The van der Waals surface area contributed by atoms with Gasteiger partial charge < -0.3 is 9.84 Å². The van der Waals surface area contributed by atoms with Gasteiger partial charge in [0.25, 0.3) is 0 Å². The van der Waals surface area contributed by atoms with Crippen molar-refractivity contribution in [2.45, 2.75) is 19.8 Å². The van der Waals surface area contributed by atoms with Crippen molar-refractivity contribution in [2.75, 3.05) is 7.11 Å². The Bertz CT molecular complexity index is 526. The number of benzene rings is 1. The molecule has 0 atom stereocenters. The maximum Gasteiger partial charge on any atom is 0.168 e. The third-order valence-corrected chi connectivity index (χ3v) is 2.89. The molecule has 0 amide bonds. The molecule has 1 aliphatic carbocycles. The molecule has 0 aromatic heterocycles. The lowest BCUT2D eigenvalue weighted by atomic mass is 10.1. The number of aliphatic hydroxyl groups is 1. The Labute approximate surface area is 106 Å². The highest BCUT2D eigenvalue weighted by Crippen LogP contribution is 2.24. The number of carbonyl (C=O) groups is 1. The zero-order chi connectivity index (χ0) is 13.1. The van der Waals surface area contributed by atoms with E-state index in [2.05, 4.69) is 4.99 Å². The van der Waals surface area contributed by atoms with Crippen LogP contribution in [0.2, 0.25) is 0 Å². The molecule has 18 heavy (non-hydrogen) atoms. The molecular formula is C14H15NO3. The first kappa shape index (κ1) is 12.4. The number of hydrogen-bond acceptors (Lipinski definition) is 4. The van der Waals surface area contributed by atoms with E-state index in [-0.39, 0.29) is 11.5 Å². The van der Waals surface area contributed by atoms with Crippen molar-refractivity contribution in [1.29, 1.82) is 0 Å². The topological polar surface area (TPSA) is 58.9 Å². The predicted octanol–water partition coefficient (Wildman–Crippen LogP) is 2.96. The highest BCUT2D eigenvalue weighted by atomic mass is 16.5. The van der Waals surface area contributed by atoms with Crippen LogP contribution in [0, 0.1) is 0 Å². The smallest absolute Gasteiger partial charge is 0.168 e. The van der Waals surface area contributed by atoms with Crippen LogP contribution in [0.5, 0.6) is 5.75 Å². The normalized spacial score (nSPS) is 16.3. The number of aliphatic hydroxyl groups excluding tert-OH is 1. The highest BCUT2D eigenvalue weighted by molar-refractivity contribution is 6.23. The lowest BCUT2D eigenvalue weighted by Crippen LogP contribution is -2.06. The maximum atomic E-state index is 11.6. The van der Waals surface area contributed by atoms with E-state index in [1.54, 1.807) is 38.3 Å². The van der Waals surface area contributed by atoms with Gasteiger partial charge in [0.2, 0.25) is 0 Å². The van der Waals surface area contributed by atoms with Gasteiger partial charge in [0.15, 0.2) is 5.78 Å². The molecule has 1 aromatic rings. The summed E-state index contributed by atoms with van der Waals surface area (Å²) in [5, 5.41) is 9.65. The molecule has 4 heteroatoms. The first-order valence-corrected chi connectivity index (χ1v) is 5.77. The standard InChI is InChI=1S/C14H15NO3/c1-9(14-12(16)7-8-13(14)17)15-10-3-5-11(18-2)6-4-10/h3-6,16H,7-8H2,1-2H3. The van der Waals surface area contributed by atoms with Gasteiger partial charge in [-0.3, -0.25) is 9.79 Å². The van der Waals surface area contributed by atoms with E-state index in [1.807, 2.05) is 0 Å². The van der Waals surface area contributed by atoms with Crippen LogP contribution < -0.4 is 4.74 Å². The summed E-state index contributed by atoms with van der Waals surface area (Å²) in [6.07, 6.45) is 0.792. The van der Waals surface area contributed by atoms with Crippen LogP contribution in [0.15, 0.2) is 40.6 Å². The van der Waals surface area contributed by atoms with E-state index in [9.17, 15) is 9.90 Å². The van der Waals surface area contributed by atoms with Crippen molar-refractivity contribution in [2.24, 2.45) is 4.99 Å². The largest absolute Gasteiger partial charge is 0.511 e. The summed E-state index contributed by atoms with van der Waals surface area (Å²) in [4.78, 5) is 15.9. The van der Waals surface area contributed by atoms with Crippen molar-refractivity contribution >= 4 is 17.2 Å². The van der Waals surface area contributed by atoms with Gasteiger partial charge in [-0.2, -0.15) is 0 Å². The van der Waals surface area contributed by atoms with Gasteiger partial charge in [-0.15, -0.1) is 0 Å². The fourth-order valence-corrected chi connectivity index (χ4v) is 1.96. The molecule has 0 saturated carbocycles. The summed E-state index contributed by atoms with van der Waals surface area (Å²) in [6, 6.07) is 7.21.